The number of H-pyrrole nitrogens is 1. The Labute approximate surface area is 162 Å². The zero-order chi connectivity index (χ0) is 18.1. The summed E-state index contributed by atoms with van der Waals surface area (Å²) >= 11 is 6.11. The third kappa shape index (κ3) is 3.29. The van der Waals surface area contributed by atoms with E-state index in [1.165, 1.54) is 70.0 Å². The Kier molecular flexibility index (Phi) is 5.29. The van der Waals surface area contributed by atoms with Crippen molar-refractivity contribution in [2.24, 2.45) is 5.92 Å². The molecule has 1 aliphatic heterocycles. The summed E-state index contributed by atoms with van der Waals surface area (Å²) in [5.41, 5.74) is 3.95. The van der Waals surface area contributed by atoms with Gasteiger partial charge in [0.05, 0.1) is 11.0 Å². The minimum atomic E-state index is 0.434. The van der Waals surface area contributed by atoms with Crippen LogP contribution in [0, 0.1) is 5.92 Å². The van der Waals surface area contributed by atoms with Crippen LogP contribution in [-0.2, 0) is 0 Å². The highest BCUT2D eigenvalue weighted by atomic mass is 35.5. The number of para-hydroxylation sites is 1. The average Bonchev–Trinajstić information content (AvgIpc) is 2.86. The lowest BCUT2D eigenvalue weighted by Crippen LogP contribution is -2.54. The van der Waals surface area contributed by atoms with Crippen molar-refractivity contribution < 1.29 is 0 Å². The van der Waals surface area contributed by atoms with Crippen LogP contribution in [0.4, 0.5) is 0 Å². The fourth-order valence-corrected chi connectivity index (χ4v) is 5.78. The maximum Gasteiger partial charge on any atom is 0.201 e. The molecule has 0 spiro atoms. The monoisotopic (exact) mass is 373 g/mol. The molecule has 1 N–H and O–H groups in total. The first-order valence-electron chi connectivity index (χ1n) is 10.5. The van der Waals surface area contributed by atoms with E-state index < -0.39 is 0 Å². The molecule has 2 heterocycles. The van der Waals surface area contributed by atoms with E-state index in [2.05, 4.69) is 46.9 Å². The molecule has 3 nitrogen and oxygen atoms in total. The molecule has 1 aromatic carbocycles. The fraction of sp³-hybridized carbons (Fsp3) is 0.682. The first kappa shape index (κ1) is 18.3. The number of halogens is 1. The van der Waals surface area contributed by atoms with Crippen LogP contribution in [0.15, 0.2) is 18.2 Å². The molecule has 4 heteroatoms. The van der Waals surface area contributed by atoms with Crippen molar-refractivity contribution in [3.05, 3.63) is 29.0 Å². The van der Waals surface area contributed by atoms with E-state index in [4.69, 9.17) is 11.6 Å². The Balaban J connectivity index is 1.52. The molecule has 2 fully saturated rings. The van der Waals surface area contributed by atoms with Crippen molar-refractivity contribution in [2.75, 3.05) is 13.1 Å². The number of benzene rings is 1. The molecule has 0 unspecified atom stereocenters. The summed E-state index contributed by atoms with van der Waals surface area (Å²) in [6.45, 7) is 7.34. The Morgan fingerprint density at radius 3 is 2.46 bits per heavy atom. The summed E-state index contributed by atoms with van der Waals surface area (Å²) in [4.78, 5) is 10.6. The lowest BCUT2D eigenvalue weighted by molar-refractivity contribution is 0.0100. The molecule has 1 saturated carbocycles. The zero-order valence-electron chi connectivity index (χ0n) is 16.2. The van der Waals surface area contributed by atoms with Gasteiger partial charge in [-0.1, -0.05) is 51.7 Å². The van der Waals surface area contributed by atoms with Crippen LogP contribution in [0.2, 0.25) is 5.28 Å². The van der Waals surface area contributed by atoms with Gasteiger partial charge in [0, 0.05) is 5.54 Å². The summed E-state index contributed by atoms with van der Waals surface area (Å²) in [5.74, 6) is 1.34. The van der Waals surface area contributed by atoms with Gasteiger partial charge in [0.15, 0.2) is 0 Å². The predicted molar refractivity (Wildman–Crippen MR) is 110 cm³/mol. The molecular weight excluding hydrogens is 342 g/mol. The second-order valence-corrected chi connectivity index (χ2v) is 9.06. The van der Waals surface area contributed by atoms with Crippen molar-refractivity contribution in [2.45, 2.75) is 76.7 Å². The minimum Gasteiger partial charge on any atom is -0.329 e. The first-order chi connectivity index (χ1) is 12.6. The highest BCUT2D eigenvalue weighted by Gasteiger charge is 2.41. The maximum atomic E-state index is 6.11. The predicted octanol–water partition coefficient (Wildman–Crippen LogP) is 6.14. The normalized spacial score (nSPS) is 22.8. The van der Waals surface area contributed by atoms with Crippen LogP contribution >= 0.6 is 11.6 Å². The van der Waals surface area contributed by atoms with Crippen LogP contribution in [0.1, 0.15) is 76.7 Å². The Morgan fingerprint density at radius 1 is 1.12 bits per heavy atom. The highest BCUT2D eigenvalue weighted by Crippen LogP contribution is 2.42. The molecule has 2 aromatic rings. The van der Waals surface area contributed by atoms with Crippen LogP contribution in [-0.4, -0.2) is 33.5 Å². The molecule has 0 radical (unpaired) electrons. The molecule has 2 aliphatic rings. The van der Waals surface area contributed by atoms with E-state index in [0.717, 1.165) is 17.0 Å². The number of nitrogens with zero attached hydrogens (tertiary/aromatic N) is 2. The van der Waals surface area contributed by atoms with Crippen molar-refractivity contribution in [1.29, 1.82) is 0 Å². The molecule has 1 saturated heterocycles. The van der Waals surface area contributed by atoms with Crippen LogP contribution in [0.3, 0.4) is 0 Å². The van der Waals surface area contributed by atoms with E-state index in [0.29, 0.717) is 16.7 Å². The number of imidazole rings is 1. The number of piperidine rings is 1. The number of nitrogens with one attached hydrogen (secondary N) is 1. The number of rotatable bonds is 3. The summed E-state index contributed by atoms with van der Waals surface area (Å²) in [5, 5.41) is 0.502. The van der Waals surface area contributed by atoms with Gasteiger partial charge in [-0.3, -0.25) is 4.90 Å². The number of aromatic nitrogens is 2. The van der Waals surface area contributed by atoms with Gasteiger partial charge in [0.25, 0.3) is 0 Å². The average molecular weight is 374 g/mol. The molecule has 0 bridgehead atoms. The van der Waals surface area contributed by atoms with Gasteiger partial charge < -0.3 is 4.98 Å². The Hall–Kier alpha value is -1.06. The third-order valence-electron chi connectivity index (χ3n) is 7.12. The molecule has 26 heavy (non-hydrogen) atoms. The first-order valence-corrected chi connectivity index (χ1v) is 10.9. The van der Waals surface area contributed by atoms with Crippen molar-refractivity contribution in [3.63, 3.8) is 0 Å². The molecule has 1 aromatic heterocycles. The molecule has 142 valence electrons. The number of hydrogen-bond donors (Lipinski definition) is 1. The number of aromatic amines is 1. The third-order valence-corrected chi connectivity index (χ3v) is 7.30. The molecular formula is C22H32ClN3. The lowest BCUT2D eigenvalue weighted by Gasteiger charge is -2.50. The standard InChI is InChI=1S/C22H32ClN3/c1-16(2)22(12-5-3-4-6-13-22)26-14-10-17(11-15-26)18-8-7-9-19-20(18)25-21(23)24-19/h7-9,16-17H,3-6,10-15H2,1-2H3,(H,24,25). The minimum absolute atomic E-state index is 0.434. The molecule has 0 amide bonds. The number of fused-ring (bicyclic) bond motifs is 1. The van der Waals surface area contributed by atoms with Gasteiger partial charge in [-0.25, -0.2) is 4.98 Å². The summed E-state index contributed by atoms with van der Waals surface area (Å²) < 4.78 is 0. The van der Waals surface area contributed by atoms with E-state index >= 15 is 0 Å². The second-order valence-electron chi connectivity index (χ2n) is 8.70. The van der Waals surface area contributed by atoms with Gasteiger partial charge in [-0.05, 0) is 73.8 Å². The van der Waals surface area contributed by atoms with E-state index in [1.54, 1.807) is 0 Å². The smallest absolute Gasteiger partial charge is 0.201 e. The van der Waals surface area contributed by atoms with Gasteiger partial charge in [-0.15, -0.1) is 0 Å². The van der Waals surface area contributed by atoms with Gasteiger partial charge >= 0.3 is 0 Å². The summed E-state index contributed by atoms with van der Waals surface area (Å²) in [6.07, 6.45) is 10.9. The van der Waals surface area contributed by atoms with E-state index in [-0.39, 0.29) is 0 Å². The number of likely N-dealkylation sites (tertiary alicyclic amines) is 1. The largest absolute Gasteiger partial charge is 0.329 e. The van der Waals surface area contributed by atoms with Crippen LogP contribution in [0.25, 0.3) is 11.0 Å². The number of hydrogen-bond acceptors (Lipinski definition) is 2. The topological polar surface area (TPSA) is 31.9 Å². The summed E-state index contributed by atoms with van der Waals surface area (Å²) in [7, 11) is 0. The van der Waals surface area contributed by atoms with Crippen molar-refractivity contribution in [3.8, 4) is 0 Å². The van der Waals surface area contributed by atoms with Crippen molar-refractivity contribution >= 4 is 22.6 Å². The fourth-order valence-electron chi connectivity index (χ4n) is 5.59. The highest BCUT2D eigenvalue weighted by molar-refractivity contribution is 6.29. The van der Waals surface area contributed by atoms with Crippen molar-refractivity contribution in [1.82, 2.24) is 14.9 Å². The van der Waals surface area contributed by atoms with E-state index in [1.807, 2.05) is 0 Å². The SMILES string of the molecule is CC(C)C1(N2CCC(c3cccc4[nH]c(Cl)nc34)CC2)CCCCCC1. The van der Waals surface area contributed by atoms with Gasteiger partial charge in [0.1, 0.15) is 0 Å². The van der Waals surface area contributed by atoms with Gasteiger partial charge in [-0.2, -0.15) is 0 Å². The summed E-state index contributed by atoms with van der Waals surface area (Å²) in [6, 6.07) is 6.47. The van der Waals surface area contributed by atoms with Crippen LogP contribution < -0.4 is 0 Å². The van der Waals surface area contributed by atoms with Crippen LogP contribution in [0.5, 0.6) is 0 Å². The second kappa shape index (κ2) is 7.52. The molecule has 0 atom stereocenters. The zero-order valence-corrected chi connectivity index (χ0v) is 17.0. The van der Waals surface area contributed by atoms with Gasteiger partial charge in [0.2, 0.25) is 5.28 Å². The maximum absolute atomic E-state index is 6.11. The quantitative estimate of drug-likeness (QED) is 0.654. The van der Waals surface area contributed by atoms with E-state index in [9.17, 15) is 0 Å². The lowest BCUT2D eigenvalue weighted by atomic mass is 9.76. The molecule has 4 rings (SSSR count). The Bertz CT molecular complexity index is 735. The molecule has 1 aliphatic carbocycles. The Morgan fingerprint density at radius 2 is 1.81 bits per heavy atom.